The predicted molar refractivity (Wildman–Crippen MR) is 123 cm³/mol. The van der Waals surface area contributed by atoms with Gasteiger partial charge in [0.2, 0.25) is 12.7 Å². The predicted octanol–water partition coefficient (Wildman–Crippen LogP) is 4.87. The van der Waals surface area contributed by atoms with E-state index in [0.29, 0.717) is 23.6 Å². The Hall–Kier alpha value is -3.48. The molecule has 1 saturated carbocycles. The Labute approximate surface area is 192 Å². The maximum Gasteiger partial charge on any atom is 0.254 e. The number of nitrogens with zero attached hydrogens (tertiary/aromatic N) is 3. The number of carbonyl (C=O) groups is 1. The summed E-state index contributed by atoms with van der Waals surface area (Å²) in [6.07, 6.45) is 5.55. The Kier molecular flexibility index (Phi) is 5.17. The largest absolute Gasteiger partial charge is 0.454 e. The molecule has 2 fully saturated rings. The number of fused-ring (bicyclic) bond motifs is 1. The van der Waals surface area contributed by atoms with E-state index in [1.165, 1.54) is 6.42 Å². The molecule has 0 radical (unpaired) electrons. The molecule has 0 N–H and O–H groups in total. The molecule has 0 unspecified atom stereocenters. The highest BCUT2D eigenvalue weighted by atomic mass is 16.7. The van der Waals surface area contributed by atoms with E-state index in [1.54, 1.807) is 6.07 Å². The number of carbonyl (C=O) groups excluding carboxylic acids is 1. The van der Waals surface area contributed by atoms with Gasteiger partial charge < -0.3 is 23.8 Å². The maximum atomic E-state index is 13.7. The zero-order valence-corrected chi connectivity index (χ0v) is 18.5. The molecule has 7 heteroatoms. The van der Waals surface area contributed by atoms with Crippen molar-refractivity contribution >= 4 is 11.8 Å². The van der Waals surface area contributed by atoms with Crippen molar-refractivity contribution < 1.29 is 18.8 Å². The van der Waals surface area contributed by atoms with Crippen molar-refractivity contribution in [3.8, 4) is 22.8 Å². The van der Waals surface area contributed by atoms with Crippen molar-refractivity contribution in [2.24, 2.45) is 0 Å². The van der Waals surface area contributed by atoms with E-state index in [-0.39, 0.29) is 18.7 Å². The molecule has 1 amide bonds. The average Bonchev–Trinajstić information content (AvgIpc) is 3.45. The minimum absolute atomic E-state index is 0.000561. The normalized spacial score (nSPS) is 17.3. The smallest absolute Gasteiger partial charge is 0.254 e. The molecule has 1 aliphatic carbocycles. The third-order valence-corrected chi connectivity index (χ3v) is 6.65. The van der Waals surface area contributed by atoms with E-state index in [9.17, 15) is 4.79 Å². The van der Waals surface area contributed by atoms with Crippen molar-refractivity contribution in [2.45, 2.75) is 44.7 Å². The lowest BCUT2D eigenvalue weighted by molar-refractivity contribution is 0.0730. The third-order valence-electron chi connectivity index (χ3n) is 6.65. The summed E-state index contributed by atoms with van der Waals surface area (Å²) in [4.78, 5) is 17.9. The number of anilines is 1. The number of hydrogen-bond donors (Lipinski definition) is 0. The SMILES string of the molecule is O=C(c1ccc2c(c1)OCO2)N(Cc1c(-c2ccccc2)noc1N1CCCCC1)C1CC1. The van der Waals surface area contributed by atoms with Gasteiger partial charge in [0.1, 0.15) is 5.69 Å². The van der Waals surface area contributed by atoms with Gasteiger partial charge in [-0.3, -0.25) is 4.79 Å². The minimum atomic E-state index is 0.000561. The van der Waals surface area contributed by atoms with Crippen LogP contribution in [0.3, 0.4) is 0 Å². The highest BCUT2D eigenvalue weighted by molar-refractivity contribution is 5.95. The lowest BCUT2D eigenvalue weighted by atomic mass is 10.0. The average molecular weight is 446 g/mol. The highest BCUT2D eigenvalue weighted by Gasteiger charge is 2.36. The van der Waals surface area contributed by atoms with Crippen LogP contribution in [-0.4, -0.2) is 41.9 Å². The Morgan fingerprint density at radius 1 is 1.00 bits per heavy atom. The quantitative estimate of drug-likeness (QED) is 0.540. The van der Waals surface area contributed by atoms with Crippen LogP contribution in [0.5, 0.6) is 11.5 Å². The number of ether oxygens (including phenoxy) is 2. The van der Waals surface area contributed by atoms with Crippen LogP contribution in [0.1, 0.15) is 48.0 Å². The van der Waals surface area contributed by atoms with E-state index in [0.717, 1.165) is 61.5 Å². The summed E-state index contributed by atoms with van der Waals surface area (Å²) < 4.78 is 16.9. The Bertz CT molecular complexity index is 1150. The molecular formula is C26H27N3O4. The molecule has 33 heavy (non-hydrogen) atoms. The highest BCUT2D eigenvalue weighted by Crippen LogP contribution is 2.38. The van der Waals surface area contributed by atoms with Gasteiger partial charge in [-0.15, -0.1) is 0 Å². The number of aromatic nitrogens is 1. The van der Waals surface area contributed by atoms with E-state index in [1.807, 2.05) is 47.4 Å². The fourth-order valence-electron chi connectivity index (χ4n) is 4.73. The van der Waals surface area contributed by atoms with Crippen LogP contribution in [-0.2, 0) is 6.54 Å². The number of piperidine rings is 1. The second-order valence-electron chi connectivity index (χ2n) is 8.96. The van der Waals surface area contributed by atoms with Gasteiger partial charge in [0.15, 0.2) is 11.5 Å². The van der Waals surface area contributed by atoms with Crippen molar-refractivity contribution in [3.63, 3.8) is 0 Å². The van der Waals surface area contributed by atoms with Gasteiger partial charge in [-0.25, -0.2) is 0 Å². The summed E-state index contributed by atoms with van der Waals surface area (Å²) >= 11 is 0. The molecule has 170 valence electrons. The van der Waals surface area contributed by atoms with Gasteiger partial charge in [0.25, 0.3) is 5.91 Å². The van der Waals surface area contributed by atoms with Crippen molar-refractivity contribution in [2.75, 3.05) is 24.8 Å². The molecule has 3 aliphatic rings. The Balaban J connectivity index is 1.36. The van der Waals surface area contributed by atoms with Gasteiger partial charge in [-0.1, -0.05) is 35.5 Å². The minimum Gasteiger partial charge on any atom is -0.454 e. The Morgan fingerprint density at radius 3 is 2.58 bits per heavy atom. The van der Waals surface area contributed by atoms with Gasteiger partial charge in [0, 0.05) is 30.3 Å². The lowest BCUT2D eigenvalue weighted by Crippen LogP contribution is -2.34. The summed E-state index contributed by atoms with van der Waals surface area (Å²) in [6, 6.07) is 15.7. The van der Waals surface area contributed by atoms with Crippen LogP contribution < -0.4 is 14.4 Å². The van der Waals surface area contributed by atoms with Gasteiger partial charge >= 0.3 is 0 Å². The first-order valence-electron chi connectivity index (χ1n) is 11.8. The first-order chi connectivity index (χ1) is 16.3. The molecule has 0 spiro atoms. The van der Waals surface area contributed by atoms with Crippen molar-refractivity contribution in [1.82, 2.24) is 10.1 Å². The van der Waals surface area contributed by atoms with Crippen molar-refractivity contribution in [1.29, 1.82) is 0 Å². The molecule has 2 aromatic carbocycles. The number of hydrogen-bond acceptors (Lipinski definition) is 6. The molecule has 2 aliphatic heterocycles. The summed E-state index contributed by atoms with van der Waals surface area (Å²) in [7, 11) is 0. The lowest BCUT2D eigenvalue weighted by Gasteiger charge is -2.28. The molecular weight excluding hydrogens is 418 g/mol. The molecule has 0 atom stereocenters. The first-order valence-corrected chi connectivity index (χ1v) is 11.8. The standard InChI is InChI=1S/C26H27N3O4/c30-25(19-9-12-22-23(15-19)32-17-31-22)29(20-10-11-20)16-21-24(18-7-3-1-4-8-18)27-33-26(21)28-13-5-2-6-14-28/h1,3-4,7-9,12,15,20H,2,5-6,10-11,13-14,16-17H2. The van der Waals surface area contributed by atoms with Gasteiger partial charge in [0.05, 0.1) is 12.1 Å². The molecule has 1 aromatic heterocycles. The molecule has 1 saturated heterocycles. The molecule has 3 heterocycles. The second-order valence-corrected chi connectivity index (χ2v) is 8.96. The monoisotopic (exact) mass is 445 g/mol. The summed E-state index contributed by atoms with van der Waals surface area (Å²) in [5.41, 5.74) is 3.43. The molecule has 6 rings (SSSR count). The van der Waals surface area contributed by atoms with Crippen LogP contribution in [0, 0.1) is 0 Å². The second kappa shape index (κ2) is 8.46. The van der Waals surface area contributed by atoms with Crippen LogP contribution >= 0.6 is 0 Å². The summed E-state index contributed by atoms with van der Waals surface area (Å²) in [6.45, 7) is 2.57. The van der Waals surface area contributed by atoms with Crippen LogP contribution in [0.25, 0.3) is 11.3 Å². The van der Waals surface area contributed by atoms with Crippen LogP contribution in [0.15, 0.2) is 53.1 Å². The van der Waals surface area contributed by atoms with Crippen molar-refractivity contribution in [3.05, 3.63) is 59.7 Å². The van der Waals surface area contributed by atoms with Crippen LogP contribution in [0.2, 0.25) is 0 Å². The zero-order valence-electron chi connectivity index (χ0n) is 18.5. The third kappa shape index (κ3) is 3.92. The first kappa shape index (κ1) is 20.1. The Morgan fingerprint density at radius 2 is 1.79 bits per heavy atom. The zero-order chi connectivity index (χ0) is 22.2. The van der Waals surface area contributed by atoms with Crippen LogP contribution in [0.4, 0.5) is 5.88 Å². The molecule has 3 aromatic rings. The van der Waals surface area contributed by atoms with E-state index >= 15 is 0 Å². The topological polar surface area (TPSA) is 68.0 Å². The van der Waals surface area contributed by atoms with Gasteiger partial charge in [-0.2, -0.15) is 0 Å². The number of benzene rings is 2. The molecule has 0 bridgehead atoms. The van der Waals surface area contributed by atoms with E-state index in [4.69, 9.17) is 14.0 Å². The summed E-state index contributed by atoms with van der Waals surface area (Å²) in [5, 5.41) is 4.48. The number of rotatable bonds is 6. The van der Waals surface area contributed by atoms with E-state index in [2.05, 4.69) is 10.1 Å². The fourth-order valence-corrected chi connectivity index (χ4v) is 4.73. The fraction of sp³-hybridized carbons (Fsp3) is 0.385. The number of amides is 1. The summed E-state index contributed by atoms with van der Waals surface area (Å²) in [5.74, 6) is 2.11. The van der Waals surface area contributed by atoms with Gasteiger partial charge in [-0.05, 0) is 50.3 Å². The van der Waals surface area contributed by atoms with E-state index < -0.39 is 0 Å². The maximum absolute atomic E-state index is 13.7. The molecule has 7 nitrogen and oxygen atoms in total.